The molecule has 0 aliphatic carbocycles. The van der Waals surface area contributed by atoms with E-state index in [9.17, 15) is 14.4 Å². The van der Waals surface area contributed by atoms with E-state index in [2.05, 4.69) is 15.9 Å². The van der Waals surface area contributed by atoms with Crippen LogP contribution in [0.25, 0.3) is 0 Å². The lowest BCUT2D eigenvalue weighted by atomic mass is 10.1. The summed E-state index contributed by atoms with van der Waals surface area (Å²) in [5.74, 6) is -0.542. The molecule has 0 aliphatic rings. The van der Waals surface area contributed by atoms with E-state index in [1.54, 1.807) is 48.5 Å². The van der Waals surface area contributed by atoms with Crippen LogP contribution in [0.4, 0.5) is 0 Å². The number of benzene rings is 2. The Balaban J connectivity index is 1.86. The molecule has 0 saturated heterocycles. The predicted octanol–water partition coefficient (Wildman–Crippen LogP) is 3.85. The summed E-state index contributed by atoms with van der Waals surface area (Å²) >= 11 is 3.29. The fourth-order valence-electron chi connectivity index (χ4n) is 1.99. The van der Waals surface area contributed by atoms with E-state index < -0.39 is 12.1 Å². The van der Waals surface area contributed by atoms with E-state index in [-0.39, 0.29) is 18.2 Å². The van der Waals surface area contributed by atoms with Crippen LogP contribution in [0.2, 0.25) is 0 Å². The number of rotatable bonds is 7. The second kappa shape index (κ2) is 8.58. The quantitative estimate of drug-likeness (QED) is 0.517. The average Bonchev–Trinajstić information content (AvgIpc) is 2.60. The van der Waals surface area contributed by atoms with Crippen LogP contribution in [0.5, 0.6) is 5.75 Å². The standard InChI is InChI=1S/C19H17BrO5/c1-12(21)14-5-9-17(10-6-14)25-13(2)19(23)24-11-18(22)15-3-7-16(20)8-4-15/h3-10,13H,11H2,1-2H3. The van der Waals surface area contributed by atoms with Gasteiger partial charge >= 0.3 is 5.97 Å². The molecule has 1 atom stereocenters. The number of ketones is 2. The minimum atomic E-state index is -0.874. The van der Waals surface area contributed by atoms with Gasteiger partial charge in [0.1, 0.15) is 5.75 Å². The molecule has 25 heavy (non-hydrogen) atoms. The van der Waals surface area contributed by atoms with Crippen molar-refractivity contribution in [1.29, 1.82) is 0 Å². The normalized spacial score (nSPS) is 11.5. The molecule has 0 heterocycles. The summed E-state index contributed by atoms with van der Waals surface area (Å²) in [5.41, 5.74) is 1.02. The first kappa shape index (κ1) is 18.9. The Bertz CT molecular complexity index is 765. The number of halogens is 1. The summed E-state index contributed by atoms with van der Waals surface area (Å²) in [7, 11) is 0. The fraction of sp³-hybridized carbons (Fsp3) is 0.211. The van der Waals surface area contributed by atoms with E-state index in [0.29, 0.717) is 16.9 Å². The molecule has 1 unspecified atom stereocenters. The lowest BCUT2D eigenvalue weighted by molar-refractivity contribution is -0.149. The SMILES string of the molecule is CC(=O)c1ccc(OC(C)C(=O)OCC(=O)c2ccc(Br)cc2)cc1. The van der Waals surface area contributed by atoms with Crippen molar-refractivity contribution < 1.29 is 23.9 Å². The zero-order valence-corrected chi connectivity index (χ0v) is 15.4. The Morgan fingerprint density at radius 1 is 0.960 bits per heavy atom. The van der Waals surface area contributed by atoms with E-state index in [4.69, 9.17) is 9.47 Å². The lowest BCUT2D eigenvalue weighted by Gasteiger charge is -2.14. The van der Waals surface area contributed by atoms with Crippen LogP contribution in [-0.4, -0.2) is 30.2 Å². The van der Waals surface area contributed by atoms with Gasteiger partial charge in [-0.05, 0) is 50.2 Å². The number of hydrogen-bond donors (Lipinski definition) is 0. The van der Waals surface area contributed by atoms with Crippen LogP contribution in [0, 0.1) is 0 Å². The van der Waals surface area contributed by atoms with Crippen LogP contribution in [-0.2, 0) is 9.53 Å². The van der Waals surface area contributed by atoms with Crippen molar-refractivity contribution in [3.63, 3.8) is 0 Å². The molecule has 0 aromatic heterocycles. The first-order valence-corrected chi connectivity index (χ1v) is 8.39. The molecule has 0 bridgehead atoms. The number of carbonyl (C=O) groups excluding carboxylic acids is 3. The molecule has 6 heteroatoms. The van der Waals surface area contributed by atoms with Crippen LogP contribution < -0.4 is 4.74 Å². The van der Waals surface area contributed by atoms with Gasteiger partial charge in [-0.3, -0.25) is 9.59 Å². The second-order valence-electron chi connectivity index (χ2n) is 5.38. The van der Waals surface area contributed by atoms with Gasteiger partial charge in [0.2, 0.25) is 0 Å². The largest absolute Gasteiger partial charge is 0.479 e. The molecule has 2 rings (SSSR count). The van der Waals surface area contributed by atoms with Crippen molar-refractivity contribution in [2.24, 2.45) is 0 Å². The van der Waals surface area contributed by atoms with Gasteiger partial charge in [0.15, 0.2) is 24.3 Å². The smallest absolute Gasteiger partial charge is 0.347 e. The van der Waals surface area contributed by atoms with Crippen molar-refractivity contribution >= 4 is 33.5 Å². The van der Waals surface area contributed by atoms with E-state index in [0.717, 1.165) is 4.47 Å². The van der Waals surface area contributed by atoms with Crippen molar-refractivity contribution in [2.75, 3.05) is 6.61 Å². The lowest BCUT2D eigenvalue weighted by Crippen LogP contribution is -2.28. The minimum absolute atomic E-state index is 0.0505. The zero-order valence-electron chi connectivity index (χ0n) is 13.8. The Hall–Kier alpha value is -2.47. The highest BCUT2D eigenvalue weighted by molar-refractivity contribution is 9.10. The number of carbonyl (C=O) groups is 3. The Morgan fingerprint density at radius 3 is 2.08 bits per heavy atom. The molecule has 0 saturated carbocycles. The zero-order chi connectivity index (χ0) is 18.4. The van der Waals surface area contributed by atoms with Crippen molar-refractivity contribution in [1.82, 2.24) is 0 Å². The average molecular weight is 405 g/mol. The van der Waals surface area contributed by atoms with Gasteiger partial charge in [-0.1, -0.05) is 28.1 Å². The number of hydrogen-bond acceptors (Lipinski definition) is 5. The van der Waals surface area contributed by atoms with E-state index in [1.807, 2.05) is 0 Å². The molecule has 5 nitrogen and oxygen atoms in total. The molecule has 0 fully saturated rings. The summed E-state index contributed by atoms with van der Waals surface area (Å²) in [5, 5.41) is 0. The highest BCUT2D eigenvalue weighted by Crippen LogP contribution is 2.15. The van der Waals surface area contributed by atoms with E-state index >= 15 is 0 Å². The monoisotopic (exact) mass is 404 g/mol. The van der Waals surface area contributed by atoms with Crippen LogP contribution in [0.15, 0.2) is 53.0 Å². The van der Waals surface area contributed by atoms with Gasteiger partial charge in [0, 0.05) is 15.6 Å². The molecule has 0 spiro atoms. The third-order valence-electron chi connectivity index (χ3n) is 3.42. The minimum Gasteiger partial charge on any atom is -0.479 e. The highest BCUT2D eigenvalue weighted by Gasteiger charge is 2.18. The molecule has 0 amide bonds. The van der Waals surface area contributed by atoms with Crippen molar-refractivity contribution in [3.8, 4) is 5.75 Å². The van der Waals surface area contributed by atoms with Crippen molar-refractivity contribution in [2.45, 2.75) is 20.0 Å². The van der Waals surface area contributed by atoms with E-state index in [1.165, 1.54) is 13.8 Å². The van der Waals surface area contributed by atoms with Crippen molar-refractivity contribution in [3.05, 3.63) is 64.1 Å². The van der Waals surface area contributed by atoms with Gasteiger partial charge in [0.25, 0.3) is 0 Å². The molecular formula is C19H17BrO5. The van der Waals surface area contributed by atoms with Gasteiger partial charge in [-0.15, -0.1) is 0 Å². The molecule has 2 aromatic rings. The number of esters is 1. The Kier molecular flexibility index (Phi) is 6.47. The molecule has 130 valence electrons. The second-order valence-corrected chi connectivity index (χ2v) is 6.29. The Labute approximate surface area is 154 Å². The fourth-order valence-corrected chi connectivity index (χ4v) is 2.26. The number of ether oxygens (including phenoxy) is 2. The summed E-state index contributed by atoms with van der Waals surface area (Å²) in [6, 6.07) is 13.2. The topological polar surface area (TPSA) is 69.7 Å². The first-order valence-electron chi connectivity index (χ1n) is 7.60. The molecule has 0 radical (unpaired) electrons. The summed E-state index contributed by atoms with van der Waals surface area (Å²) in [4.78, 5) is 35.2. The molecule has 0 N–H and O–H groups in total. The summed E-state index contributed by atoms with van der Waals surface area (Å²) in [6.07, 6.45) is -0.874. The third-order valence-corrected chi connectivity index (χ3v) is 3.95. The maximum Gasteiger partial charge on any atom is 0.347 e. The molecule has 0 aliphatic heterocycles. The third kappa shape index (κ3) is 5.53. The van der Waals surface area contributed by atoms with Gasteiger partial charge < -0.3 is 9.47 Å². The van der Waals surface area contributed by atoms with Crippen LogP contribution in [0.1, 0.15) is 34.6 Å². The van der Waals surface area contributed by atoms with Gasteiger partial charge in [0.05, 0.1) is 0 Å². The van der Waals surface area contributed by atoms with Gasteiger partial charge in [-0.2, -0.15) is 0 Å². The summed E-state index contributed by atoms with van der Waals surface area (Å²) < 4.78 is 11.3. The first-order chi connectivity index (χ1) is 11.9. The predicted molar refractivity (Wildman–Crippen MR) is 96.0 cm³/mol. The Morgan fingerprint density at radius 2 is 1.52 bits per heavy atom. The van der Waals surface area contributed by atoms with Gasteiger partial charge in [-0.25, -0.2) is 4.79 Å². The maximum atomic E-state index is 12.0. The number of Topliss-reactive ketones (excluding diaryl/α,β-unsaturated/α-hetero) is 2. The maximum absolute atomic E-state index is 12.0. The van der Waals surface area contributed by atoms with Crippen LogP contribution in [0.3, 0.4) is 0 Å². The molecule has 2 aromatic carbocycles. The molecular weight excluding hydrogens is 388 g/mol. The highest BCUT2D eigenvalue weighted by atomic mass is 79.9. The summed E-state index contributed by atoms with van der Waals surface area (Å²) in [6.45, 7) is 2.65. The van der Waals surface area contributed by atoms with Crippen LogP contribution >= 0.6 is 15.9 Å².